The number of fused-ring (bicyclic) bond motifs is 4. The minimum Gasteiger partial charge on any atom is -0.309 e. The van der Waals surface area contributed by atoms with E-state index in [4.69, 9.17) is 9.97 Å². The lowest BCUT2D eigenvalue weighted by molar-refractivity contribution is 1.18. The van der Waals surface area contributed by atoms with Crippen LogP contribution in [0.15, 0.2) is 322 Å². The highest BCUT2D eigenvalue weighted by Crippen LogP contribution is 2.54. The van der Waals surface area contributed by atoms with Gasteiger partial charge in [0.25, 0.3) is 0 Å². The number of para-hydroxylation sites is 1. The maximum Gasteiger partial charge on any atom is 0.160 e. The second kappa shape index (κ2) is 21.2. The van der Waals surface area contributed by atoms with Crippen molar-refractivity contribution in [3.63, 3.8) is 0 Å². The van der Waals surface area contributed by atoms with Crippen molar-refractivity contribution < 1.29 is 0 Å². The van der Waals surface area contributed by atoms with Gasteiger partial charge in [-0.05, 0) is 103 Å². The fourth-order valence-electron chi connectivity index (χ4n) is 12.3. The standard InChI is InChI=1S/C80H53N3/c1-7-23-54(24-8-1)56-41-43-58(44-42-56)65-36-22-38-68(52-65)83-72-53-66(64-35-21-37-67(51-64)80-81-71-40-20-19-39-69(71)78(82-80)63-47-45-57(46-48-63)55-25-9-2-10-26-55)49-50-70(72)77-75(61-31-15-5-16-32-61)73(59-27-11-3-12-28-59)74(60-29-13-4-14-30-60)76(79(77)83)62-33-17-6-18-34-62/h1-53H. The van der Waals surface area contributed by atoms with Crippen LogP contribution in [0.4, 0.5) is 0 Å². The molecule has 0 bridgehead atoms. The van der Waals surface area contributed by atoms with Crippen LogP contribution in [0.3, 0.4) is 0 Å². The second-order valence-corrected chi connectivity index (χ2v) is 21.2. The fraction of sp³-hybridized carbons (Fsp3) is 0. The summed E-state index contributed by atoms with van der Waals surface area (Å²) in [6.07, 6.45) is 0. The Balaban J connectivity index is 0.992. The molecule has 0 N–H and O–H groups in total. The van der Waals surface area contributed by atoms with Gasteiger partial charge in [0.15, 0.2) is 5.82 Å². The van der Waals surface area contributed by atoms with E-state index in [9.17, 15) is 0 Å². The van der Waals surface area contributed by atoms with Crippen molar-refractivity contribution in [2.24, 2.45) is 0 Å². The topological polar surface area (TPSA) is 30.7 Å². The predicted molar refractivity (Wildman–Crippen MR) is 348 cm³/mol. The molecule has 0 atom stereocenters. The van der Waals surface area contributed by atoms with Gasteiger partial charge < -0.3 is 4.57 Å². The molecule has 3 heteroatoms. The van der Waals surface area contributed by atoms with Crippen molar-refractivity contribution in [1.29, 1.82) is 0 Å². The molecular weight excluding hydrogens is 1000 g/mol. The van der Waals surface area contributed by atoms with Crippen molar-refractivity contribution in [3.05, 3.63) is 322 Å². The first-order valence-corrected chi connectivity index (χ1v) is 28.4. The molecule has 0 amide bonds. The Morgan fingerprint density at radius 2 is 0.614 bits per heavy atom. The zero-order valence-corrected chi connectivity index (χ0v) is 45.4. The van der Waals surface area contributed by atoms with Crippen LogP contribution in [-0.2, 0) is 0 Å². The molecule has 2 aromatic heterocycles. The van der Waals surface area contributed by atoms with Gasteiger partial charge in [0.2, 0.25) is 0 Å². The average molecular weight is 1060 g/mol. The molecule has 0 aliphatic rings. The molecule has 15 aromatic rings. The Morgan fingerprint density at radius 1 is 0.229 bits per heavy atom. The van der Waals surface area contributed by atoms with Crippen LogP contribution < -0.4 is 0 Å². The molecule has 388 valence electrons. The van der Waals surface area contributed by atoms with Gasteiger partial charge in [-0.15, -0.1) is 0 Å². The summed E-state index contributed by atoms with van der Waals surface area (Å²) >= 11 is 0. The average Bonchev–Trinajstić information content (AvgIpc) is 3.41. The highest BCUT2D eigenvalue weighted by Gasteiger charge is 2.29. The second-order valence-electron chi connectivity index (χ2n) is 21.2. The Kier molecular flexibility index (Phi) is 12.6. The number of hydrogen-bond acceptors (Lipinski definition) is 2. The summed E-state index contributed by atoms with van der Waals surface area (Å²) in [7, 11) is 0. The van der Waals surface area contributed by atoms with Crippen LogP contribution in [0.1, 0.15) is 0 Å². The number of aromatic nitrogens is 3. The lowest BCUT2D eigenvalue weighted by Crippen LogP contribution is -2.01. The largest absolute Gasteiger partial charge is 0.309 e. The van der Waals surface area contributed by atoms with E-state index in [1.54, 1.807) is 0 Å². The molecule has 13 aromatic carbocycles. The van der Waals surface area contributed by atoms with Crippen LogP contribution in [0.5, 0.6) is 0 Å². The first-order valence-electron chi connectivity index (χ1n) is 28.4. The zero-order chi connectivity index (χ0) is 55.1. The molecule has 0 spiro atoms. The molecule has 83 heavy (non-hydrogen) atoms. The van der Waals surface area contributed by atoms with Gasteiger partial charge in [-0.3, -0.25) is 0 Å². The third-order valence-electron chi connectivity index (χ3n) is 16.2. The van der Waals surface area contributed by atoms with Gasteiger partial charge in [0, 0.05) is 49.7 Å². The third-order valence-corrected chi connectivity index (χ3v) is 16.2. The molecule has 0 fully saturated rings. The Bertz CT molecular complexity index is 4830. The number of nitrogens with zero attached hydrogens (tertiary/aromatic N) is 3. The normalized spacial score (nSPS) is 11.4. The number of benzene rings is 13. The first-order chi connectivity index (χ1) is 41.2. The van der Waals surface area contributed by atoms with E-state index in [1.807, 2.05) is 0 Å². The summed E-state index contributed by atoms with van der Waals surface area (Å²) in [6, 6.07) is 116. The molecule has 3 nitrogen and oxygen atoms in total. The molecule has 0 unspecified atom stereocenters. The number of rotatable bonds is 11. The Morgan fingerprint density at radius 3 is 1.18 bits per heavy atom. The summed E-state index contributed by atoms with van der Waals surface area (Å²) in [6.45, 7) is 0. The van der Waals surface area contributed by atoms with E-state index in [2.05, 4.69) is 326 Å². The highest BCUT2D eigenvalue weighted by molar-refractivity contribution is 6.26. The molecule has 0 aliphatic carbocycles. The Hall–Kier alpha value is -11.0. The van der Waals surface area contributed by atoms with E-state index >= 15 is 0 Å². The van der Waals surface area contributed by atoms with Gasteiger partial charge in [-0.1, -0.05) is 291 Å². The van der Waals surface area contributed by atoms with Crippen LogP contribution in [-0.4, -0.2) is 14.5 Å². The lowest BCUT2D eigenvalue weighted by Gasteiger charge is -2.24. The van der Waals surface area contributed by atoms with E-state index in [0.29, 0.717) is 5.82 Å². The minimum atomic E-state index is 0.679. The molecular formula is C80H53N3. The quantitative estimate of drug-likeness (QED) is 0.129. The summed E-state index contributed by atoms with van der Waals surface area (Å²) < 4.78 is 2.55. The van der Waals surface area contributed by atoms with Crippen LogP contribution in [0.25, 0.3) is 150 Å². The molecule has 2 heterocycles. The maximum atomic E-state index is 5.39. The van der Waals surface area contributed by atoms with Crippen molar-refractivity contribution in [1.82, 2.24) is 14.5 Å². The molecule has 15 rings (SSSR count). The van der Waals surface area contributed by atoms with Crippen LogP contribution >= 0.6 is 0 Å². The van der Waals surface area contributed by atoms with Gasteiger partial charge in [0.05, 0.1) is 22.2 Å². The summed E-state index contributed by atoms with van der Waals surface area (Å²) in [4.78, 5) is 10.6. The Labute approximate surface area is 483 Å². The van der Waals surface area contributed by atoms with E-state index in [1.165, 1.54) is 49.9 Å². The van der Waals surface area contributed by atoms with Crippen molar-refractivity contribution in [2.45, 2.75) is 0 Å². The molecule has 0 radical (unpaired) electrons. The summed E-state index contributed by atoms with van der Waals surface area (Å²) in [5, 5.41) is 3.36. The molecule has 0 saturated carbocycles. The van der Waals surface area contributed by atoms with Crippen LogP contribution in [0, 0.1) is 0 Å². The van der Waals surface area contributed by atoms with Gasteiger partial charge in [-0.2, -0.15) is 0 Å². The SMILES string of the molecule is c1ccc(-c2ccc(-c3cccc(-n4c5cc(-c6cccc(-c7nc(-c8ccc(-c9ccccc9)cc8)c8ccccc8n7)c6)ccc5c5c(-c6ccccc6)c(-c6ccccc6)c(-c6ccccc6)c(-c6ccccc6)c54)c3)cc2)cc1. The van der Waals surface area contributed by atoms with E-state index in [-0.39, 0.29) is 0 Å². The van der Waals surface area contributed by atoms with Crippen molar-refractivity contribution in [3.8, 4) is 117 Å². The highest BCUT2D eigenvalue weighted by atomic mass is 15.0. The first kappa shape index (κ1) is 49.1. The van der Waals surface area contributed by atoms with Crippen molar-refractivity contribution >= 4 is 32.7 Å². The van der Waals surface area contributed by atoms with Gasteiger partial charge >= 0.3 is 0 Å². The summed E-state index contributed by atoms with van der Waals surface area (Å²) in [5.41, 5.74) is 25.6. The monoisotopic (exact) mass is 1060 g/mol. The van der Waals surface area contributed by atoms with Crippen LogP contribution in [0.2, 0.25) is 0 Å². The summed E-state index contributed by atoms with van der Waals surface area (Å²) in [5.74, 6) is 0.679. The minimum absolute atomic E-state index is 0.679. The van der Waals surface area contributed by atoms with E-state index < -0.39 is 0 Å². The molecule has 0 aliphatic heterocycles. The van der Waals surface area contributed by atoms with Gasteiger partial charge in [0.1, 0.15) is 0 Å². The number of hydrogen-bond donors (Lipinski definition) is 0. The predicted octanol–water partition coefficient (Wildman–Crippen LogP) is 21.4. The zero-order valence-electron chi connectivity index (χ0n) is 45.4. The third kappa shape index (κ3) is 9.07. The maximum absolute atomic E-state index is 5.39. The van der Waals surface area contributed by atoms with Crippen molar-refractivity contribution in [2.75, 3.05) is 0 Å². The smallest absolute Gasteiger partial charge is 0.160 e. The fourth-order valence-corrected chi connectivity index (χ4v) is 12.3. The van der Waals surface area contributed by atoms with E-state index in [0.717, 1.165) is 94.3 Å². The molecule has 0 saturated heterocycles. The van der Waals surface area contributed by atoms with Gasteiger partial charge in [-0.25, -0.2) is 9.97 Å². The lowest BCUT2D eigenvalue weighted by atomic mass is 9.80.